The van der Waals surface area contributed by atoms with E-state index < -0.39 is 0 Å². The van der Waals surface area contributed by atoms with Crippen LogP contribution in [0.15, 0.2) is 18.2 Å². The summed E-state index contributed by atoms with van der Waals surface area (Å²) in [5, 5.41) is 3.53. The van der Waals surface area contributed by atoms with Gasteiger partial charge in [0.15, 0.2) is 0 Å². The van der Waals surface area contributed by atoms with Gasteiger partial charge in [0.1, 0.15) is 4.99 Å². The van der Waals surface area contributed by atoms with Crippen molar-refractivity contribution in [3.8, 4) is 0 Å². The first-order valence-corrected chi connectivity index (χ1v) is 7.41. The number of carbonyl (C=O) groups excluding carboxylic acids is 1. The van der Waals surface area contributed by atoms with Crippen molar-refractivity contribution in [2.45, 2.75) is 25.9 Å². The molecule has 2 rings (SSSR count). The van der Waals surface area contributed by atoms with E-state index in [0.29, 0.717) is 23.1 Å². The molecule has 1 aromatic carbocycles. The van der Waals surface area contributed by atoms with Crippen LogP contribution in [0.25, 0.3) is 0 Å². The van der Waals surface area contributed by atoms with E-state index in [2.05, 4.69) is 10.2 Å². The Morgan fingerprint density at radius 3 is 2.95 bits per heavy atom. The van der Waals surface area contributed by atoms with Crippen LogP contribution in [0.2, 0.25) is 5.02 Å². The smallest absolute Gasteiger partial charge is 0.237 e. The molecule has 20 heavy (non-hydrogen) atoms. The Bertz CT molecular complexity index is 535. The number of hydrogen-bond acceptors (Lipinski definition) is 3. The minimum Gasteiger partial charge on any atom is -0.389 e. The van der Waals surface area contributed by atoms with Crippen LogP contribution in [-0.2, 0) is 11.3 Å². The third-order valence-corrected chi connectivity index (χ3v) is 4.13. The number of rotatable bonds is 4. The first kappa shape index (κ1) is 15.2. The lowest BCUT2D eigenvalue weighted by Crippen LogP contribution is -2.54. The molecule has 0 saturated carbocycles. The van der Waals surface area contributed by atoms with Crippen molar-refractivity contribution in [3.63, 3.8) is 0 Å². The van der Waals surface area contributed by atoms with E-state index in [1.54, 1.807) is 6.07 Å². The molecular formula is C14H18ClN3OS. The normalized spacial score (nSPS) is 19.7. The zero-order valence-corrected chi connectivity index (χ0v) is 12.9. The number of thiocarbonyl (C=S) groups is 1. The predicted octanol–water partition coefficient (Wildman–Crippen LogP) is 1.68. The molecule has 1 unspecified atom stereocenters. The van der Waals surface area contributed by atoms with E-state index >= 15 is 0 Å². The second-order valence-corrected chi connectivity index (χ2v) is 5.70. The van der Waals surface area contributed by atoms with Gasteiger partial charge in [-0.05, 0) is 18.1 Å². The SMILES string of the molecule is CCC1C(=O)NCCN1Cc1ccc(C(N)=S)cc1Cl. The average molecular weight is 312 g/mol. The molecule has 0 spiro atoms. The number of carbonyl (C=O) groups is 1. The fraction of sp³-hybridized carbons (Fsp3) is 0.429. The van der Waals surface area contributed by atoms with Crippen LogP contribution in [-0.4, -0.2) is 34.9 Å². The van der Waals surface area contributed by atoms with Gasteiger partial charge in [-0.2, -0.15) is 0 Å². The molecule has 108 valence electrons. The van der Waals surface area contributed by atoms with Crippen LogP contribution < -0.4 is 11.1 Å². The maximum atomic E-state index is 11.8. The highest BCUT2D eigenvalue weighted by Crippen LogP contribution is 2.22. The number of nitrogens with zero attached hydrogens (tertiary/aromatic N) is 1. The Hall–Kier alpha value is -1.17. The number of piperazine rings is 1. The van der Waals surface area contributed by atoms with Gasteiger partial charge in [-0.1, -0.05) is 42.9 Å². The molecular weight excluding hydrogens is 294 g/mol. The maximum absolute atomic E-state index is 11.8. The van der Waals surface area contributed by atoms with Crippen molar-refractivity contribution in [1.82, 2.24) is 10.2 Å². The van der Waals surface area contributed by atoms with Crippen LogP contribution in [0.3, 0.4) is 0 Å². The molecule has 1 aliphatic heterocycles. The van der Waals surface area contributed by atoms with Crippen molar-refractivity contribution >= 4 is 34.7 Å². The summed E-state index contributed by atoms with van der Waals surface area (Å²) in [6.45, 7) is 4.18. The van der Waals surface area contributed by atoms with E-state index in [4.69, 9.17) is 29.6 Å². The van der Waals surface area contributed by atoms with Gasteiger partial charge in [0.2, 0.25) is 5.91 Å². The Morgan fingerprint density at radius 2 is 2.35 bits per heavy atom. The summed E-state index contributed by atoms with van der Waals surface area (Å²) in [6.07, 6.45) is 0.786. The zero-order valence-electron chi connectivity index (χ0n) is 11.4. The molecule has 0 aromatic heterocycles. The first-order chi connectivity index (χ1) is 9.52. The molecule has 0 aliphatic carbocycles. The lowest BCUT2D eigenvalue weighted by atomic mass is 10.1. The number of hydrogen-bond donors (Lipinski definition) is 2. The van der Waals surface area contributed by atoms with Gasteiger partial charge in [0.05, 0.1) is 6.04 Å². The molecule has 6 heteroatoms. The Balaban J connectivity index is 2.16. The fourth-order valence-corrected chi connectivity index (χ4v) is 2.81. The third-order valence-electron chi connectivity index (χ3n) is 3.54. The topological polar surface area (TPSA) is 58.4 Å². The van der Waals surface area contributed by atoms with Crippen LogP contribution in [0.5, 0.6) is 0 Å². The lowest BCUT2D eigenvalue weighted by molar-refractivity contribution is -0.129. The summed E-state index contributed by atoms with van der Waals surface area (Å²) in [6, 6.07) is 5.49. The van der Waals surface area contributed by atoms with E-state index in [1.165, 1.54) is 0 Å². The highest BCUT2D eigenvalue weighted by atomic mass is 35.5. The molecule has 4 nitrogen and oxygen atoms in total. The Morgan fingerprint density at radius 1 is 1.60 bits per heavy atom. The van der Waals surface area contributed by atoms with Crippen molar-refractivity contribution in [2.24, 2.45) is 5.73 Å². The van der Waals surface area contributed by atoms with Crippen LogP contribution in [0.1, 0.15) is 24.5 Å². The van der Waals surface area contributed by atoms with Crippen molar-refractivity contribution < 1.29 is 4.79 Å². The number of nitrogens with one attached hydrogen (secondary N) is 1. The van der Waals surface area contributed by atoms with Gasteiger partial charge in [0, 0.05) is 30.2 Å². The number of nitrogens with two attached hydrogens (primary N) is 1. The minimum atomic E-state index is -0.0879. The van der Waals surface area contributed by atoms with Gasteiger partial charge in [-0.25, -0.2) is 0 Å². The van der Waals surface area contributed by atoms with Crippen molar-refractivity contribution in [2.75, 3.05) is 13.1 Å². The molecule has 1 atom stereocenters. The van der Waals surface area contributed by atoms with E-state index in [-0.39, 0.29) is 11.9 Å². The highest BCUT2D eigenvalue weighted by molar-refractivity contribution is 7.80. The van der Waals surface area contributed by atoms with E-state index in [9.17, 15) is 4.79 Å². The van der Waals surface area contributed by atoms with E-state index in [1.807, 2.05) is 19.1 Å². The average Bonchev–Trinajstić information content (AvgIpc) is 2.41. The minimum absolute atomic E-state index is 0.0879. The first-order valence-electron chi connectivity index (χ1n) is 6.63. The van der Waals surface area contributed by atoms with Gasteiger partial charge >= 0.3 is 0 Å². The predicted molar refractivity (Wildman–Crippen MR) is 84.8 cm³/mol. The quantitative estimate of drug-likeness (QED) is 0.831. The molecule has 1 aliphatic rings. The summed E-state index contributed by atoms with van der Waals surface area (Å²) in [7, 11) is 0. The van der Waals surface area contributed by atoms with Crippen LogP contribution in [0.4, 0.5) is 0 Å². The third kappa shape index (κ3) is 3.29. The van der Waals surface area contributed by atoms with Gasteiger partial charge in [0.25, 0.3) is 0 Å². The number of halogens is 1. The fourth-order valence-electron chi connectivity index (χ4n) is 2.44. The van der Waals surface area contributed by atoms with Gasteiger partial charge in [-0.3, -0.25) is 9.69 Å². The van der Waals surface area contributed by atoms with Gasteiger partial charge < -0.3 is 11.1 Å². The molecule has 1 aromatic rings. The van der Waals surface area contributed by atoms with Crippen molar-refractivity contribution in [1.29, 1.82) is 0 Å². The van der Waals surface area contributed by atoms with Crippen LogP contribution in [0, 0.1) is 0 Å². The second kappa shape index (κ2) is 6.52. The summed E-state index contributed by atoms with van der Waals surface area (Å²) in [4.78, 5) is 14.3. The molecule has 1 fully saturated rings. The summed E-state index contributed by atoms with van der Waals surface area (Å²) >= 11 is 11.2. The maximum Gasteiger partial charge on any atom is 0.237 e. The molecule has 0 bridgehead atoms. The monoisotopic (exact) mass is 311 g/mol. The number of benzene rings is 1. The van der Waals surface area contributed by atoms with Crippen molar-refractivity contribution in [3.05, 3.63) is 34.3 Å². The van der Waals surface area contributed by atoms with E-state index in [0.717, 1.165) is 24.1 Å². The lowest BCUT2D eigenvalue weighted by Gasteiger charge is -2.34. The van der Waals surface area contributed by atoms with Crippen LogP contribution >= 0.6 is 23.8 Å². The molecule has 1 heterocycles. The summed E-state index contributed by atoms with van der Waals surface area (Å²) in [5.74, 6) is 0.0922. The Kier molecular flexibility index (Phi) is 4.96. The number of amides is 1. The summed E-state index contributed by atoms with van der Waals surface area (Å²) in [5.41, 5.74) is 7.34. The van der Waals surface area contributed by atoms with Gasteiger partial charge in [-0.15, -0.1) is 0 Å². The molecule has 1 amide bonds. The zero-order chi connectivity index (χ0) is 14.7. The Labute approximate surface area is 129 Å². The largest absolute Gasteiger partial charge is 0.389 e. The molecule has 0 radical (unpaired) electrons. The highest BCUT2D eigenvalue weighted by Gasteiger charge is 2.28. The standard InChI is InChI=1S/C14H18ClN3OS/c1-2-12-14(19)17-5-6-18(12)8-10-4-3-9(13(16)20)7-11(10)15/h3-4,7,12H,2,5-6,8H2,1H3,(H2,16,20)(H,17,19). The molecule has 3 N–H and O–H groups in total. The second-order valence-electron chi connectivity index (χ2n) is 4.86. The summed E-state index contributed by atoms with van der Waals surface area (Å²) < 4.78 is 0. The molecule has 1 saturated heterocycles.